The first-order chi connectivity index (χ1) is 9.76. The predicted molar refractivity (Wildman–Crippen MR) is 86.9 cm³/mol. The lowest BCUT2D eigenvalue weighted by atomic mass is 10.2. The zero-order valence-corrected chi connectivity index (χ0v) is 13.3. The van der Waals surface area contributed by atoms with Crippen LogP contribution in [0.25, 0.3) is 0 Å². The molecule has 2 rings (SSSR count). The molecule has 0 aliphatic carbocycles. The molecule has 1 aliphatic heterocycles. The molecule has 1 unspecified atom stereocenters. The lowest BCUT2D eigenvalue weighted by molar-refractivity contribution is 0.790. The fourth-order valence-electron chi connectivity index (χ4n) is 2.21. The maximum absolute atomic E-state index is 4.53. The third-order valence-electron chi connectivity index (χ3n) is 3.41. The number of hydrogen-bond donors (Lipinski definition) is 2. The Morgan fingerprint density at radius 3 is 2.55 bits per heavy atom. The highest BCUT2D eigenvalue weighted by atomic mass is 32.2. The Hall–Kier alpha value is -1.24. The van der Waals surface area contributed by atoms with Gasteiger partial charge in [-0.05, 0) is 32.4 Å². The van der Waals surface area contributed by atoms with Crippen molar-refractivity contribution < 1.29 is 0 Å². The Morgan fingerprint density at radius 2 is 1.95 bits per heavy atom. The SMILES string of the molecule is CCN(CC)c1nc(NC)nc(NCC2CCCS2)n1. The van der Waals surface area contributed by atoms with Crippen LogP contribution in [0.4, 0.5) is 17.8 Å². The minimum absolute atomic E-state index is 0.614. The molecule has 0 saturated carbocycles. The first kappa shape index (κ1) is 15.2. The van der Waals surface area contributed by atoms with Crippen molar-refractivity contribution in [2.75, 3.05) is 48.0 Å². The van der Waals surface area contributed by atoms with E-state index in [1.165, 1.54) is 18.6 Å². The molecule has 1 aromatic heterocycles. The van der Waals surface area contributed by atoms with Crippen LogP contribution in [0, 0.1) is 0 Å². The van der Waals surface area contributed by atoms with Gasteiger partial charge in [0.15, 0.2) is 0 Å². The molecule has 0 aromatic carbocycles. The van der Waals surface area contributed by atoms with E-state index in [9.17, 15) is 0 Å². The topological polar surface area (TPSA) is 66.0 Å². The van der Waals surface area contributed by atoms with E-state index in [0.717, 1.165) is 25.6 Å². The Kier molecular flexibility index (Phi) is 5.70. The molecule has 1 saturated heterocycles. The summed E-state index contributed by atoms with van der Waals surface area (Å²) in [7, 11) is 1.83. The van der Waals surface area contributed by atoms with Gasteiger partial charge in [0.1, 0.15) is 0 Å². The van der Waals surface area contributed by atoms with Crippen molar-refractivity contribution in [3.05, 3.63) is 0 Å². The summed E-state index contributed by atoms with van der Waals surface area (Å²) in [5.41, 5.74) is 0. The zero-order chi connectivity index (χ0) is 14.4. The molecule has 1 fully saturated rings. The third-order valence-corrected chi connectivity index (χ3v) is 4.80. The number of rotatable bonds is 7. The number of nitrogens with zero attached hydrogens (tertiary/aromatic N) is 4. The van der Waals surface area contributed by atoms with E-state index in [2.05, 4.69) is 44.3 Å². The van der Waals surface area contributed by atoms with Gasteiger partial charge >= 0.3 is 0 Å². The van der Waals surface area contributed by atoms with Crippen molar-refractivity contribution >= 4 is 29.6 Å². The molecule has 112 valence electrons. The molecule has 2 N–H and O–H groups in total. The first-order valence-electron chi connectivity index (χ1n) is 7.31. The Labute approximate surface area is 125 Å². The van der Waals surface area contributed by atoms with Gasteiger partial charge in [0.2, 0.25) is 17.8 Å². The van der Waals surface area contributed by atoms with E-state index >= 15 is 0 Å². The molecule has 1 aliphatic rings. The molecule has 2 heterocycles. The minimum Gasteiger partial charge on any atom is -0.357 e. The van der Waals surface area contributed by atoms with Crippen LogP contribution >= 0.6 is 11.8 Å². The Bertz CT molecular complexity index is 417. The normalized spacial score (nSPS) is 18.1. The van der Waals surface area contributed by atoms with Gasteiger partial charge in [-0.3, -0.25) is 0 Å². The van der Waals surface area contributed by atoms with Crippen LogP contribution in [0.2, 0.25) is 0 Å². The predicted octanol–water partition coefficient (Wildman–Crippen LogP) is 2.07. The molecule has 0 spiro atoms. The standard InChI is InChI=1S/C13H24N6S/c1-4-19(5-2)13-17-11(14-3)16-12(18-13)15-9-10-7-6-8-20-10/h10H,4-9H2,1-3H3,(H2,14,15,16,17,18). The highest BCUT2D eigenvalue weighted by molar-refractivity contribution is 8.00. The summed E-state index contributed by atoms with van der Waals surface area (Å²) >= 11 is 2.03. The van der Waals surface area contributed by atoms with Gasteiger partial charge in [-0.15, -0.1) is 0 Å². The fourth-order valence-corrected chi connectivity index (χ4v) is 3.42. The number of thioether (sulfide) groups is 1. The molecule has 20 heavy (non-hydrogen) atoms. The van der Waals surface area contributed by atoms with Crippen LogP contribution in [0.15, 0.2) is 0 Å². The molecule has 0 radical (unpaired) electrons. The molecular weight excluding hydrogens is 272 g/mol. The fraction of sp³-hybridized carbons (Fsp3) is 0.769. The number of anilines is 3. The lowest BCUT2D eigenvalue weighted by Gasteiger charge is -2.19. The molecule has 1 atom stereocenters. The molecule has 7 heteroatoms. The van der Waals surface area contributed by atoms with Gasteiger partial charge in [-0.25, -0.2) is 0 Å². The summed E-state index contributed by atoms with van der Waals surface area (Å²) in [6.07, 6.45) is 2.60. The van der Waals surface area contributed by atoms with Crippen LogP contribution in [-0.2, 0) is 0 Å². The molecule has 0 bridgehead atoms. The summed E-state index contributed by atoms with van der Waals surface area (Å²) in [4.78, 5) is 15.5. The molecule has 1 aromatic rings. The van der Waals surface area contributed by atoms with Gasteiger partial charge < -0.3 is 15.5 Å². The van der Waals surface area contributed by atoms with E-state index in [-0.39, 0.29) is 0 Å². The van der Waals surface area contributed by atoms with Crippen molar-refractivity contribution in [1.82, 2.24) is 15.0 Å². The summed E-state index contributed by atoms with van der Waals surface area (Å²) in [5, 5.41) is 7.04. The van der Waals surface area contributed by atoms with Crippen molar-refractivity contribution in [3.63, 3.8) is 0 Å². The van der Waals surface area contributed by atoms with E-state index < -0.39 is 0 Å². The van der Waals surface area contributed by atoms with E-state index in [4.69, 9.17) is 0 Å². The van der Waals surface area contributed by atoms with Crippen LogP contribution in [0.5, 0.6) is 0 Å². The van der Waals surface area contributed by atoms with Crippen molar-refractivity contribution in [3.8, 4) is 0 Å². The highest BCUT2D eigenvalue weighted by Gasteiger charge is 2.16. The largest absolute Gasteiger partial charge is 0.357 e. The summed E-state index contributed by atoms with van der Waals surface area (Å²) < 4.78 is 0. The maximum atomic E-state index is 4.53. The van der Waals surface area contributed by atoms with Crippen molar-refractivity contribution in [2.24, 2.45) is 0 Å². The smallest absolute Gasteiger partial charge is 0.231 e. The van der Waals surface area contributed by atoms with Gasteiger partial charge in [0.25, 0.3) is 0 Å². The van der Waals surface area contributed by atoms with Gasteiger partial charge in [-0.1, -0.05) is 0 Å². The molecule has 6 nitrogen and oxygen atoms in total. The number of aromatic nitrogens is 3. The van der Waals surface area contributed by atoms with Crippen LogP contribution < -0.4 is 15.5 Å². The maximum Gasteiger partial charge on any atom is 0.231 e. The van der Waals surface area contributed by atoms with Crippen LogP contribution in [0.3, 0.4) is 0 Å². The van der Waals surface area contributed by atoms with E-state index in [1.54, 1.807) is 0 Å². The summed E-state index contributed by atoms with van der Waals surface area (Å²) in [6, 6.07) is 0. The number of nitrogens with one attached hydrogen (secondary N) is 2. The minimum atomic E-state index is 0.614. The Morgan fingerprint density at radius 1 is 1.20 bits per heavy atom. The second-order valence-electron chi connectivity index (χ2n) is 4.72. The average Bonchev–Trinajstić information content (AvgIpc) is 2.99. The molecule has 0 amide bonds. The van der Waals surface area contributed by atoms with Crippen molar-refractivity contribution in [1.29, 1.82) is 0 Å². The number of hydrogen-bond acceptors (Lipinski definition) is 7. The van der Waals surface area contributed by atoms with Gasteiger partial charge in [-0.2, -0.15) is 26.7 Å². The molecular formula is C13H24N6S. The van der Waals surface area contributed by atoms with E-state index in [1.807, 2.05) is 18.8 Å². The second kappa shape index (κ2) is 7.52. The zero-order valence-electron chi connectivity index (χ0n) is 12.5. The first-order valence-corrected chi connectivity index (χ1v) is 8.36. The monoisotopic (exact) mass is 296 g/mol. The van der Waals surface area contributed by atoms with Crippen molar-refractivity contribution in [2.45, 2.75) is 31.9 Å². The lowest BCUT2D eigenvalue weighted by Crippen LogP contribution is -2.26. The van der Waals surface area contributed by atoms with E-state index in [0.29, 0.717) is 17.1 Å². The Balaban J connectivity index is 2.08. The van der Waals surface area contributed by atoms with Gasteiger partial charge in [0.05, 0.1) is 0 Å². The summed E-state index contributed by atoms with van der Waals surface area (Å²) in [6.45, 7) is 6.92. The second-order valence-corrected chi connectivity index (χ2v) is 6.13. The average molecular weight is 296 g/mol. The van der Waals surface area contributed by atoms with Crippen LogP contribution in [0.1, 0.15) is 26.7 Å². The van der Waals surface area contributed by atoms with Gasteiger partial charge in [0, 0.05) is 31.9 Å². The van der Waals surface area contributed by atoms with Crippen LogP contribution in [-0.4, -0.2) is 52.6 Å². The summed E-state index contributed by atoms with van der Waals surface area (Å²) in [5.74, 6) is 3.29. The highest BCUT2D eigenvalue weighted by Crippen LogP contribution is 2.26. The quantitative estimate of drug-likeness (QED) is 0.798. The third kappa shape index (κ3) is 3.88.